The molecule has 1 aliphatic rings. The molecule has 13 heavy (non-hydrogen) atoms. The molecule has 0 N–H and O–H groups in total. The van der Waals surface area contributed by atoms with Crippen LogP contribution in [0.3, 0.4) is 0 Å². The van der Waals surface area contributed by atoms with E-state index >= 15 is 0 Å². The highest BCUT2D eigenvalue weighted by atomic mass is 31.1. The van der Waals surface area contributed by atoms with Crippen LogP contribution in [0.15, 0.2) is 0 Å². The molecule has 0 nitrogen and oxygen atoms in total. The van der Waals surface area contributed by atoms with Crippen LogP contribution < -0.4 is 0 Å². The molecule has 0 aromatic carbocycles. The Labute approximate surface area is 85.7 Å². The van der Waals surface area contributed by atoms with Crippen molar-refractivity contribution in [2.75, 3.05) is 6.16 Å². The van der Waals surface area contributed by atoms with Crippen molar-refractivity contribution in [3.63, 3.8) is 0 Å². The van der Waals surface area contributed by atoms with Crippen LogP contribution in [0.4, 0.5) is 0 Å². The summed E-state index contributed by atoms with van der Waals surface area (Å²) in [4.78, 5) is 0. The Kier molecular flexibility index (Phi) is 6.90. The molecule has 0 aliphatic heterocycles. The quantitative estimate of drug-likeness (QED) is 0.435. The maximum absolute atomic E-state index is 2.30. The standard InChI is InChI=1S/C12H25P/c1-2-3-4-8-11-13-12-9-6-5-7-10-12/h12-13H,2-11H2,1H3. The summed E-state index contributed by atoms with van der Waals surface area (Å²) in [5, 5.41) is 0. The second-order valence-electron chi connectivity index (χ2n) is 4.35. The van der Waals surface area contributed by atoms with Crippen molar-refractivity contribution >= 4 is 8.58 Å². The molecule has 0 radical (unpaired) electrons. The van der Waals surface area contributed by atoms with Crippen molar-refractivity contribution in [1.29, 1.82) is 0 Å². The van der Waals surface area contributed by atoms with Gasteiger partial charge in [0.05, 0.1) is 0 Å². The van der Waals surface area contributed by atoms with E-state index in [-0.39, 0.29) is 0 Å². The van der Waals surface area contributed by atoms with Gasteiger partial charge in [0.15, 0.2) is 0 Å². The Morgan fingerprint density at radius 2 is 1.77 bits per heavy atom. The first-order valence-electron chi connectivity index (χ1n) is 6.17. The summed E-state index contributed by atoms with van der Waals surface area (Å²) >= 11 is 0. The largest absolute Gasteiger partial charge is 0.119 e. The minimum atomic E-state index is 1.13. The van der Waals surface area contributed by atoms with Gasteiger partial charge >= 0.3 is 0 Å². The van der Waals surface area contributed by atoms with E-state index in [1.165, 1.54) is 59.7 Å². The van der Waals surface area contributed by atoms with Crippen LogP contribution in [0.25, 0.3) is 0 Å². The zero-order valence-electron chi connectivity index (χ0n) is 9.15. The van der Waals surface area contributed by atoms with E-state index in [1.807, 2.05) is 0 Å². The van der Waals surface area contributed by atoms with Gasteiger partial charge in [-0.2, -0.15) is 0 Å². The van der Waals surface area contributed by atoms with E-state index in [0.717, 1.165) is 5.66 Å². The molecule has 1 saturated carbocycles. The van der Waals surface area contributed by atoms with Gasteiger partial charge < -0.3 is 0 Å². The van der Waals surface area contributed by atoms with Crippen LogP contribution in [-0.4, -0.2) is 11.8 Å². The van der Waals surface area contributed by atoms with Crippen molar-refractivity contribution in [2.24, 2.45) is 0 Å². The summed E-state index contributed by atoms with van der Waals surface area (Å²) in [6.07, 6.45) is 15.0. The smallest absolute Gasteiger partial charge is 0.0237 e. The molecule has 0 spiro atoms. The van der Waals surface area contributed by atoms with E-state index in [4.69, 9.17) is 0 Å². The topological polar surface area (TPSA) is 0 Å². The summed E-state index contributed by atoms with van der Waals surface area (Å²) in [7, 11) is 1.29. The van der Waals surface area contributed by atoms with E-state index in [0.29, 0.717) is 0 Å². The number of hydrogen-bond acceptors (Lipinski definition) is 0. The molecule has 0 saturated heterocycles. The van der Waals surface area contributed by atoms with Crippen LogP contribution in [0.2, 0.25) is 0 Å². The third-order valence-corrected chi connectivity index (χ3v) is 4.87. The van der Waals surface area contributed by atoms with Crippen LogP contribution in [0, 0.1) is 0 Å². The third-order valence-electron chi connectivity index (χ3n) is 3.07. The van der Waals surface area contributed by atoms with Crippen molar-refractivity contribution in [2.45, 2.75) is 70.4 Å². The van der Waals surface area contributed by atoms with Gasteiger partial charge in [-0.15, -0.1) is 8.58 Å². The molecular weight excluding hydrogens is 175 g/mol. The van der Waals surface area contributed by atoms with Gasteiger partial charge in [-0.3, -0.25) is 0 Å². The Bertz CT molecular complexity index is 106. The van der Waals surface area contributed by atoms with Crippen LogP contribution in [-0.2, 0) is 0 Å². The summed E-state index contributed by atoms with van der Waals surface area (Å²) in [5.74, 6) is 0. The molecule has 0 heterocycles. The zero-order chi connectivity index (χ0) is 9.36. The minimum Gasteiger partial charge on any atom is -0.119 e. The number of unbranched alkanes of at least 4 members (excludes halogenated alkanes) is 3. The van der Waals surface area contributed by atoms with Crippen LogP contribution >= 0.6 is 8.58 Å². The lowest BCUT2D eigenvalue weighted by molar-refractivity contribution is 0.513. The van der Waals surface area contributed by atoms with Gasteiger partial charge in [-0.1, -0.05) is 45.4 Å². The van der Waals surface area contributed by atoms with E-state index in [2.05, 4.69) is 6.92 Å². The molecule has 0 aromatic rings. The molecule has 1 rings (SSSR count). The lowest BCUT2D eigenvalue weighted by atomic mass is 10.0. The summed E-state index contributed by atoms with van der Waals surface area (Å²) in [6.45, 7) is 2.30. The molecule has 0 aromatic heterocycles. The van der Waals surface area contributed by atoms with Crippen molar-refractivity contribution in [1.82, 2.24) is 0 Å². The molecule has 78 valence electrons. The predicted molar refractivity (Wildman–Crippen MR) is 64.2 cm³/mol. The molecule has 1 aliphatic carbocycles. The normalized spacial score (nSPS) is 20.1. The fraction of sp³-hybridized carbons (Fsp3) is 1.00. The Morgan fingerprint density at radius 1 is 1.00 bits per heavy atom. The Morgan fingerprint density at radius 3 is 2.46 bits per heavy atom. The molecule has 1 heteroatoms. The van der Waals surface area contributed by atoms with Crippen molar-refractivity contribution in [3.05, 3.63) is 0 Å². The molecule has 0 amide bonds. The maximum atomic E-state index is 2.30. The fourth-order valence-electron chi connectivity index (χ4n) is 2.16. The average Bonchev–Trinajstić information content (AvgIpc) is 2.19. The first-order valence-corrected chi connectivity index (χ1v) is 7.45. The SMILES string of the molecule is CCCCCCPC1CCCCC1. The molecule has 1 fully saturated rings. The van der Waals surface area contributed by atoms with Gasteiger partial charge in [0.1, 0.15) is 0 Å². The first-order chi connectivity index (χ1) is 6.43. The highest BCUT2D eigenvalue weighted by Crippen LogP contribution is 2.33. The van der Waals surface area contributed by atoms with Gasteiger partial charge in [0.2, 0.25) is 0 Å². The van der Waals surface area contributed by atoms with Gasteiger partial charge in [-0.05, 0) is 31.1 Å². The number of hydrogen-bond donors (Lipinski definition) is 0. The highest BCUT2D eigenvalue weighted by molar-refractivity contribution is 7.38. The van der Waals surface area contributed by atoms with Crippen LogP contribution in [0.5, 0.6) is 0 Å². The summed E-state index contributed by atoms with van der Waals surface area (Å²) in [6, 6.07) is 0. The second kappa shape index (κ2) is 7.80. The van der Waals surface area contributed by atoms with Gasteiger partial charge in [-0.25, -0.2) is 0 Å². The zero-order valence-corrected chi connectivity index (χ0v) is 10.1. The van der Waals surface area contributed by atoms with Gasteiger partial charge in [0, 0.05) is 0 Å². The van der Waals surface area contributed by atoms with E-state index in [9.17, 15) is 0 Å². The van der Waals surface area contributed by atoms with Gasteiger partial charge in [0.25, 0.3) is 0 Å². The lowest BCUT2D eigenvalue weighted by Gasteiger charge is -2.21. The number of rotatable bonds is 6. The summed E-state index contributed by atoms with van der Waals surface area (Å²) < 4.78 is 0. The lowest BCUT2D eigenvalue weighted by Crippen LogP contribution is -2.06. The summed E-state index contributed by atoms with van der Waals surface area (Å²) in [5.41, 5.74) is 1.13. The Balaban J connectivity index is 1.86. The molecular formula is C12H25P. The maximum Gasteiger partial charge on any atom is -0.0237 e. The highest BCUT2D eigenvalue weighted by Gasteiger charge is 2.11. The first kappa shape index (κ1) is 11.5. The second-order valence-corrected chi connectivity index (χ2v) is 6.07. The molecule has 1 atom stereocenters. The minimum absolute atomic E-state index is 1.13. The van der Waals surface area contributed by atoms with Crippen LogP contribution in [0.1, 0.15) is 64.7 Å². The molecule has 1 unspecified atom stereocenters. The predicted octanol–water partition coefficient (Wildman–Crippen LogP) is 4.58. The van der Waals surface area contributed by atoms with E-state index < -0.39 is 0 Å². The van der Waals surface area contributed by atoms with E-state index in [1.54, 1.807) is 12.8 Å². The third kappa shape index (κ3) is 5.68. The molecule has 0 bridgehead atoms. The van der Waals surface area contributed by atoms with Crippen molar-refractivity contribution < 1.29 is 0 Å². The average molecular weight is 200 g/mol. The van der Waals surface area contributed by atoms with Crippen molar-refractivity contribution in [3.8, 4) is 0 Å². The fourth-order valence-corrected chi connectivity index (χ4v) is 3.84. The Hall–Kier alpha value is 0.430. The monoisotopic (exact) mass is 200 g/mol.